The molecule has 2 aromatic rings. The summed E-state index contributed by atoms with van der Waals surface area (Å²) in [6.45, 7) is 3.63. The zero-order chi connectivity index (χ0) is 15.7. The molecule has 118 valence electrons. The molecule has 1 aliphatic rings. The lowest BCUT2D eigenvalue weighted by Crippen LogP contribution is -2.36. The average molecular weight is 356 g/mol. The first kappa shape index (κ1) is 16.0. The van der Waals surface area contributed by atoms with Crippen molar-refractivity contribution in [2.45, 2.75) is 24.3 Å². The van der Waals surface area contributed by atoms with Gasteiger partial charge >= 0.3 is 0 Å². The normalized spacial score (nSPS) is 19.1. The second-order valence-electron chi connectivity index (χ2n) is 5.53. The predicted molar refractivity (Wildman–Crippen MR) is 91.5 cm³/mol. The van der Waals surface area contributed by atoms with Gasteiger partial charge in [-0.2, -0.15) is 0 Å². The van der Waals surface area contributed by atoms with Gasteiger partial charge in [0.05, 0.1) is 10.6 Å². The van der Waals surface area contributed by atoms with Crippen LogP contribution in [0.4, 0.5) is 0 Å². The summed E-state index contributed by atoms with van der Waals surface area (Å²) in [4.78, 5) is 4.03. The van der Waals surface area contributed by atoms with Crippen molar-refractivity contribution >= 4 is 32.8 Å². The Morgan fingerprint density at radius 1 is 1.27 bits per heavy atom. The number of sulfone groups is 1. The van der Waals surface area contributed by atoms with E-state index in [2.05, 4.69) is 23.3 Å². The van der Waals surface area contributed by atoms with Gasteiger partial charge in [-0.25, -0.2) is 8.42 Å². The summed E-state index contributed by atoms with van der Waals surface area (Å²) in [7, 11) is -3.26. The lowest BCUT2D eigenvalue weighted by Gasteiger charge is -2.33. The van der Waals surface area contributed by atoms with Crippen LogP contribution in [0.2, 0.25) is 5.02 Å². The SMILES string of the molecule is C[C@@H]1c2ccsc2CCN1CCS(=O)(=O)c1ccc(Cl)cc1. The Morgan fingerprint density at radius 2 is 2.00 bits per heavy atom. The summed E-state index contributed by atoms with van der Waals surface area (Å²) in [6, 6.07) is 8.84. The monoisotopic (exact) mass is 355 g/mol. The fraction of sp³-hybridized carbons (Fsp3) is 0.375. The van der Waals surface area contributed by atoms with Crippen LogP contribution in [0.5, 0.6) is 0 Å². The molecule has 0 saturated carbocycles. The quantitative estimate of drug-likeness (QED) is 0.837. The maximum absolute atomic E-state index is 12.4. The van der Waals surface area contributed by atoms with Gasteiger partial charge in [0.2, 0.25) is 0 Å². The minimum absolute atomic E-state index is 0.137. The number of benzene rings is 1. The predicted octanol–water partition coefficient (Wildman–Crippen LogP) is 3.79. The van der Waals surface area contributed by atoms with Crippen LogP contribution in [0.3, 0.4) is 0 Å². The minimum Gasteiger partial charge on any atom is -0.295 e. The van der Waals surface area contributed by atoms with Crippen LogP contribution in [0, 0.1) is 0 Å². The van der Waals surface area contributed by atoms with Crippen molar-refractivity contribution in [2.24, 2.45) is 0 Å². The molecule has 1 aliphatic heterocycles. The minimum atomic E-state index is -3.26. The maximum Gasteiger partial charge on any atom is 0.179 e. The van der Waals surface area contributed by atoms with Crippen molar-refractivity contribution in [3.63, 3.8) is 0 Å². The Labute approximate surface area is 140 Å². The zero-order valence-corrected chi connectivity index (χ0v) is 14.7. The van der Waals surface area contributed by atoms with Gasteiger partial charge in [-0.3, -0.25) is 4.90 Å². The first-order valence-corrected chi connectivity index (χ1v) is 10.2. The molecule has 0 fully saturated rings. The van der Waals surface area contributed by atoms with Gasteiger partial charge < -0.3 is 0 Å². The smallest absolute Gasteiger partial charge is 0.179 e. The van der Waals surface area contributed by atoms with E-state index >= 15 is 0 Å². The van der Waals surface area contributed by atoms with Gasteiger partial charge in [-0.1, -0.05) is 11.6 Å². The number of rotatable bonds is 4. The fourth-order valence-corrected chi connectivity index (χ4v) is 5.21. The molecule has 6 heteroatoms. The van der Waals surface area contributed by atoms with Crippen molar-refractivity contribution in [1.82, 2.24) is 4.90 Å². The van der Waals surface area contributed by atoms with Crippen molar-refractivity contribution < 1.29 is 8.42 Å². The number of fused-ring (bicyclic) bond motifs is 1. The van der Waals surface area contributed by atoms with E-state index in [0.29, 0.717) is 16.5 Å². The third-order valence-corrected chi connectivity index (χ3v) is 7.18. The van der Waals surface area contributed by atoms with Gasteiger partial charge in [0.25, 0.3) is 0 Å². The second-order valence-corrected chi connectivity index (χ2v) is 9.08. The number of thiophene rings is 1. The molecule has 1 atom stereocenters. The lowest BCUT2D eigenvalue weighted by atomic mass is 10.0. The highest BCUT2D eigenvalue weighted by atomic mass is 35.5. The highest BCUT2D eigenvalue weighted by molar-refractivity contribution is 7.91. The number of halogens is 1. The molecule has 0 spiro atoms. The van der Waals surface area contributed by atoms with Crippen LogP contribution in [-0.4, -0.2) is 32.2 Å². The average Bonchev–Trinajstić information content (AvgIpc) is 2.96. The Kier molecular flexibility index (Phi) is 4.59. The molecule has 0 aliphatic carbocycles. The highest BCUT2D eigenvalue weighted by Crippen LogP contribution is 2.32. The molecular formula is C16H18ClNO2S2. The summed E-state index contributed by atoms with van der Waals surface area (Å²) in [5.74, 6) is 0.137. The molecule has 0 N–H and O–H groups in total. The van der Waals surface area contributed by atoms with E-state index < -0.39 is 9.84 Å². The molecule has 0 unspecified atom stereocenters. The Morgan fingerprint density at radius 3 is 2.73 bits per heavy atom. The van der Waals surface area contributed by atoms with Crippen molar-refractivity contribution in [1.29, 1.82) is 0 Å². The second kappa shape index (κ2) is 6.32. The molecule has 3 rings (SSSR count). The summed E-state index contributed by atoms with van der Waals surface area (Å²) in [6.07, 6.45) is 1.01. The van der Waals surface area contributed by atoms with Crippen molar-refractivity contribution in [3.8, 4) is 0 Å². The molecule has 3 nitrogen and oxygen atoms in total. The van der Waals surface area contributed by atoms with Crippen molar-refractivity contribution in [3.05, 3.63) is 51.2 Å². The van der Waals surface area contributed by atoms with Crippen LogP contribution in [0.1, 0.15) is 23.4 Å². The molecule has 2 heterocycles. The molecule has 1 aromatic carbocycles. The van der Waals surface area contributed by atoms with Gasteiger partial charge in [0, 0.05) is 29.0 Å². The number of hydrogen-bond acceptors (Lipinski definition) is 4. The van der Waals surface area contributed by atoms with Gasteiger partial charge in [0.15, 0.2) is 9.84 Å². The van der Waals surface area contributed by atoms with Gasteiger partial charge in [0.1, 0.15) is 0 Å². The van der Waals surface area contributed by atoms with E-state index in [1.54, 1.807) is 35.6 Å². The van der Waals surface area contributed by atoms with E-state index in [1.165, 1.54) is 10.4 Å². The Hall–Kier alpha value is -0.880. The fourth-order valence-electron chi connectivity index (χ4n) is 2.86. The molecule has 22 heavy (non-hydrogen) atoms. The number of nitrogens with zero attached hydrogens (tertiary/aromatic N) is 1. The molecule has 0 amide bonds. The van der Waals surface area contributed by atoms with Gasteiger partial charge in [-0.05, 0) is 54.6 Å². The third kappa shape index (κ3) is 3.23. The summed E-state index contributed by atoms with van der Waals surface area (Å²) in [5.41, 5.74) is 1.35. The third-order valence-electron chi connectivity index (χ3n) is 4.22. The summed E-state index contributed by atoms with van der Waals surface area (Å²) in [5, 5.41) is 2.67. The Balaban J connectivity index is 1.69. The topological polar surface area (TPSA) is 37.4 Å². The lowest BCUT2D eigenvalue weighted by molar-refractivity contribution is 0.212. The van der Waals surface area contributed by atoms with Crippen LogP contribution in [-0.2, 0) is 16.3 Å². The standard InChI is InChI=1S/C16H18ClNO2S2/c1-12-15-7-10-21-16(15)6-8-18(12)9-11-22(19,20)14-4-2-13(17)3-5-14/h2-5,7,10,12H,6,8-9,11H2,1H3/t12-/m1/s1. The number of hydrogen-bond donors (Lipinski definition) is 0. The zero-order valence-electron chi connectivity index (χ0n) is 12.3. The van der Waals surface area contributed by atoms with E-state index in [0.717, 1.165) is 13.0 Å². The van der Waals surface area contributed by atoms with E-state index in [4.69, 9.17) is 11.6 Å². The van der Waals surface area contributed by atoms with E-state index in [-0.39, 0.29) is 11.8 Å². The summed E-state index contributed by atoms with van der Waals surface area (Å²) >= 11 is 7.61. The van der Waals surface area contributed by atoms with E-state index in [1.807, 2.05) is 0 Å². The molecule has 0 bridgehead atoms. The molecule has 1 aromatic heterocycles. The molecule has 0 saturated heterocycles. The first-order valence-electron chi connectivity index (χ1n) is 7.26. The van der Waals surface area contributed by atoms with E-state index in [9.17, 15) is 8.42 Å². The first-order chi connectivity index (χ1) is 10.5. The largest absolute Gasteiger partial charge is 0.295 e. The van der Waals surface area contributed by atoms with Crippen molar-refractivity contribution in [2.75, 3.05) is 18.8 Å². The molecular weight excluding hydrogens is 338 g/mol. The van der Waals surface area contributed by atoms with Crippen LogP contribution in [0.25, 0.3) is 0 Å². The Bertz CT molecular complexity index is 753. The van der Waals surface area contributed by atoms with Crippen LogP contribution in [0.15, 0.2) is 40.6 Å². The van der Waals surface area contributed by atoms with Crippen LogP contribution < -0.4 is 0 Å². The van der Waals surface area contributed by atoms with Crippen LogP contribution >= 0.6 is 22.9 Å². The van der Waals surface area contributed by atoms with Gasteiger partial charge in [-0.15, -0.1) is 11.3 Å². The summed E-state index contributed by atoms with van der Waals surface area (Å²) < 4.78 is 24.8. The maximum atomic E-state index is 12.4. The highest BCUT2D eigenvalue weighted by Gasteiger charge is 2.26. The molecule has 0 radical (unpaired) electrons.